The lowest BCUT2D eigenvalue weighted by Crippen LogP contribution is -2.30. The minimum absolute atomic E-state index is 0.0321. The van der Waals surface area contributed by atoms with E-state index in [4.69, 9.17) is 0 Å². The van der Waals surface area contributed by atoms with E-state index in [1.807, 2.05) is 13.0 Å². The van der Waals surface area contributed by atoms with Gasteiger partial charge >= 0.3 is 6.55 Å². The molecular formula is C22H21F2N5O2. The van der Waals surface area contributed by atoms with E-state index in [1.54, 1.807) is 36.4 Å². The Morgan fingerprint density at radius 3 is 2.71 bits per heavy atom. The highest BCUT2D eigenvalue weighted by Crippen LogP contribution is 2.23. The van der Waals surface area contributed by atoms with Gasteiger partial charge in [0, 0.05) is 20.0 Å². The molecule has 4 rings (SSSR count). The molecular weight excluding hydrogens is 404 g/mol. The maximum atomic E-state index is 13.6. The molecule has 2 heterocycles. The van der Waals surface area contributed by atoms with Crippen LogP contribution in [0.1, 0.15) is 24.4 Å². The summed E-state index contributed by atoms with van der Waals surface area (Å²) in [5.41, 5.74) is 2.08. The minimum Gasteiger partial charge on any atom is -0.338 e. The maximum absolute atomic E-state index is 13.6. The van der Waals surface area contributed by atoms with Crippen LogP contribution in [0.25, 0.3) is 21.9 Å². The Kier molecular flexibility index (Phi) is 5.50. The number of fused-ring (bicyclic) bond motifs is 2. The zero-order valence-electron chi connectivity index (χ0n) is 17.1. The molecule has 2 aromatic heterocycles. The third-order valence-corrected chi connectivity index (χ3v) is 5.29. The largest absolute Gasteiger partial charge is 0.338 e. The van der Waals surface area contributed by atoms with Gasteiger partial charge in [-0.25, -0.2) is 9.97 Å². The van der Waals surface area contributed by atoms with Crippen molar-refractivity contribution in [3.8, 4) is 0 Å². The molecule has 1 amide bonds. The van der Waals surface area contributed by atoms with Gasteiger partial charge in [-0.3, -0.25) is 18.7 Å². The van der Waals surface area contributed by atoms with Crippen molar-refractivity contribution >= 4 is 27.8 Å². The van der Waals surface area contributed by atoms with Crippen LogP contribution in [0.2, 0.25) is 0 Å². The molecule has 7 nitrogen and oxygen atoms in total. The van der Waals surface area contributed by atoms with Crippen molar-refractivity contribution < 1.29 is 13.6 Å². The average Bonchev–Trinajstić information content (AvgIpc) is 3.11. The van der Waals surface area contributed by atoms with Crippen LogP contribution in [0.3, 0.4) is 0 Å². The number of aromatic nitrogens is 4. The van der Waals surface area contributed by atoms with Gasteiger partial charge in [-0.1, -0.05) is 24.3 Å². The minimum atomic E-state index is -2.77. The molecule has 0 aliphatic carbocycles. The van der Waals surface area contributed by atoms with Crippen molar-refractivity contribution in [3.05, 3.63) is 70.5 Å². The Hall–Kier alpha value is -3.62. The first kappa shape index (κ1) is 20.6. The van der Waals surface area contributed by atoms with E-state index in [0.717, 1.165) is 10.1 Å². The number of imidazole rings is 1. The van der Waals surface area contributed by atoms with E-state index >= 15 is 0 Å². The molecule has 0 bridgehead atoms. The topological polar surface area (TPSA) is 73.0 Å². The van der Waals surface area contributed by atoms with Crippen LogP contribution in [-0.4, -0.2) is 37.0 Å². The molecule has 0 saturated carbocycles. The number of halogens is 2. The van der Waals surface area contributed by atoms with Gasteiger partial charge in [0.2, 0.25) is 5.91 Å². The lowest BCUT2D eigenvalue weighted by Gasteiger charge is -2.18. The molecule has 2 aromatic carbocycles. The summed E-state index contributed by atoms with van der Waals surface area (Å²) < 4.78 is 29.4. The molecule has 0 radical (unpaired) electrons. The number of aryl methyl sites for hydroxylation is 2. The van der Waals surface area contributed by atoms with E-state index in [2.05, 4.69) is 9.97 Å². The number of amides is 1. The van der Waals surface area contributed by atoms with Crippen molar-refractivity contribution in [2.45, 2.75) is 33.0 Å². The van der Waals surface area contributed by atoms with Gasteiger partial charge in [-0.2, -0.15) is 8.78 Å². The van der Waals surface area contributed by atoms with E-state index in [0.29, 0.717) is 21.9 Å². The predicted octanol–water partition coefficient (Wildman–Crippen LogP) is 3.50. The average molecular weight is 425 g/mol. The highest BCUT2D eigenvalue weighted by molar-refractivity contribution is 5.80. The smallest absolute Gasteiger partial charge is 0.320 e. The second kappa shape index (κ2) is 8.25. The SMILES string of the molecule is Cc1cccc2c(=O)n(CCC(=O)N(C)Cc3nc4ccccc4n3C(F)F)cnc12. The van der Waals surface area contributed by atoms with Gasteiger partial charge in [0.1, 0.15) is 5.82 Å². The van der Waals surface area contributed by atoms with Gasteiger partial charge < -0.3 is 4.90 Å². The van der Waals surface area contributed by atoms with Crippen LogP contribution in [0.15, 0.2) is 53.6 Å². The van der Waals surface area contributed by atoms with Crippen molar-refractivity contribution in [2.24, 2.45) is 0 Å². The fourth-order valence-electron chi connectivity index (χ4n) is 3.63. The zero-order chi connectivity index (χ0) is 22.1. The van der Waals surface area contributed by atoms with Crippen LogP contribution >= 0.6 is 0 Å². The summed E-state index contributed by atoms with van der Waals surface area (Å²) in [6.07, 6.45) is 1.46. The lowest BCUT2D eigenvalue weighted by molar-refractivity contribution is -0.130. The van der Waals surface area contributed by atoms with Crippen molar-refractivity contribution in [3.63, 3.8) is 0 Å². The Labute approximate surface area is 176 Å². The number of benzene rings is 2. The molecule has 9 heteroatoms. The first-order valence-corrected chi connectivity index (χ1v) is 9.79. The van der Waals surface area contributed by atoms with Crippen LogP contribution < -0.4 is 5.56 Å². The number of hydrogen-bond acceptors (Lipinski definition) is 4. The summed E-state index contributed by atoms with van der Waals surface area (Å²) in [6, 6.07) is 12.0. The molecule has 0 fully saturated rings. The summed E-state index contributed by atoms with van der Waals surface area (Å²) in [7, 11) is 1.53. The highest BCUT2D eigenvalue weighted by atomic mass is 19.3. The Morgan fingerprint density at radius 1 is 1.16 bits per heavy atom. The molecule has 31 heavy (non-hydrogen) atoms. The fraction of sp³-hybridized carbons (Fsp3) is 0.273. The third-order valence-electron chi connectivity index (χ3n) is 5.29. The predicted molar refractivity (Wildman–Crippen MR) is 113 cm³/mol. The van der Waals surface area contributed by atoms with Crippen molar-refractivity contribution in [1.82, 2.24) is 24.0 Å². The zero-order valence-corrected chi connectivity index (χ0v) is 17.1. The Balaban J connectivity index is 1.50. The van der Waals surface area contributed by atoms with Crippen LogP contribution in [0.4, 0.5) is 8.78 Å². The van der Waals surface area contributed by atoms with E-state index in [9.17, 15) is 18.4 Å². The van der Waals surface area contributed by atoms with Gasteiger partial charge in [-0.05, 0) is 30.7 Å². The quantitative estimate of drug-likeness (QED) is 0.474. The molecule has 0 spiro atoms. The van der Waals surface area contributed by atoms with Crippen LogP contribution in [0.5, 0.6) is 0 Å². The van der Waals surface area contributed by atoms with Crippen molar-refractivity contribution in [2.75, 3.05) is 7.05 Å². The summed E-state index contributed by atoms with van der Waals surface area (Å²) in [4.78, 5) is 35.2. The first-order valence-electron chi connectivity index (χ1n) is 9.79. The molecule has 0 saturated heterocycles. The normalized spacial score (nSPS) is 11.5. The summed E-state index contributed by atoms with van der Waals surface area (Å²) in [5.74, 6) is -0.184. The summed E-state index contributed by atoms with van der Waals surface area (Å²) >= 11 is 0. The van der Waals surface area contributed by atoms with Crippen LogP contribution in [-0.2, 0) is 17.9 Å². The van der Waals surface area contributed by atoms with Gasteiger partial charge in [0.25, 0.3) is 5.56 Å². The standard InChI is InChI=1S/C22H21F2N5O2/c1-14-6-5-7-15-20(14)25-13-28(21(15)31)11-10-19(30)27(2)12-18-26-16-8-3-4-9-17(16)29(18)22(23)24/h3-9,13,22H,10-12H2,1-2H3. The molecule has 0 N–H and O–H groups in total. The second-order valence-electron chi connectivity index (χ2n) is 7.38. The number of carbonyl (C=O) groups is 1. The Morgan fingerprint density at radius 2 is 1.94 bits per heavy atom. The van der Waals surface area contributed by atoms with Gasteiger partial charge in [-0.15, -0.1) is 0 Å². The third kappa shape index (κ3) is 3.90. The molecule has 160 valence electrons. The summed E-state index contributed by atoms with van der Waals surface area (Å²) in [5, 5.41) is 0.494. The molecule has 4 aromatic rings. The van der Waals surface area contributed by atoms with Gasteiger partial charge in [0.15, 0.2) is 0 Å². The molecule has 0 aliphatic rings. The number of hydrogen-bond donors (Lipinski definition) is 0. The van der Waals surface area contributed by atoms with Crippen molar-refractivity contribution in [1.29, 1.82) is 0 Å². The number of alkyl halides is 2. The number of rotatable bonds is 6. The maximum Gasteiger partial charge on any atom is 0.320 e. The number of para-hydroxylation sites is 3. The summed E-state index contributed by atoms with van der Waals surface area (Å²) in [6.45, 7) is -0.812. The Bertz CT molecular complexity index is 1330. The fourth-order valence-corrected chi connectivity index (χ4v) is 3.63. The molecule has 0 unspecified atom stereocenters. The second-order valence-corrected chi connectivity index (χ2v) is 7.38. The number of carbonyl (C=O) groups excluding carboxylic acids is 1. The first-order chi connectivity index (χ1) is 14.9. The molecule has 0 atom stereocenters. The van der Waals surface area contributed by atoms with E-state index in [-0.39, 0.29) is 36.8 Å². The highest BCUT2D eigenvalue weighted by Gasteiger charge is 2.20. The lowest BCUT2D eigenvalue weighted by atomic mass is 10.1. The number of nitrogens with zero attached hydrogens (tertiary/aromatic N) is 5. The van der Waals surface area contributed by atoms with Crippen LogP contribution in [0, 0.1) is 6.92 Å². The van der Waals surface area contributed by atoms with E-state index < -0.39 is 6.55 Å². The molecule has 0 aliphatic heterocycles. The monoisotopic (exact) mass is 425 g/mol. The van der Waals surface area contributed by atoms with E-state index in [1.165, 1.54) is 22.8 Å². The van der Waals surface area contributed by atoms with Gasteiger partial charge in [0.05, 0.1) is 34.8 Å².